The molecule has 0 bridgehead atoms. The van der Waals surface area contributed by atoms with Gasteiger partial charge in [0.2, 0.25) is 11.7 Å². The highest BCUT2D eigenvalue weighted by molar-refractivity contribution is 5.91. The first-order valence-electron chi connectivity index (χ1n) is 9.67. The number of nitrogens with zero attached hydrogens (tertiary/aromatic N) is 3. The van der Waals surface area contributed by atoms with E-state index in [2.05, 4.69) is 10.3 Å². The van der Waals surface area contributed by atoms with Crippen molar-refractivity contribution in [1.29, 1.82) is 5.26 Å². The fourth-order valence-electron chi connectivity index (χ4n) is 3.05. The van der Waals surface area contributed by atoms with E-state index in [4.69, 9.17) is 10.00 Å². The topological polar surface area (TPSA) is 118 Å². The molecule has 0 amide bonds. The quantitative estimate of drug-likeness (QED) is 0.295. The van der Waals surface area contributed by atoms with E-state index in [1.165, 1.54) is 25.1 Å². The molecule has 0 aliphatic rings. The standard InChI is InChI=1S/C24H20N4O4/c1-15-12-19(5-4-17(3)29)13-16(2)23(15)32-22-11-10-21(28(30)31)24(27-22)26-20-8-6-18(14-25)7-9-20/h4-13H,1-3H3,(H,26,27). The highest BCUT2D eigenvalue weighted by atomic mass is 16.6. The summed E-state index contributed by atoms with van der Waals surface area (Å²) in [5, 5.41) is 23.3. The van der Waals surface area contributed by atoms with Crippen molar-refractivity contribution in [3.05, 3.63) is 87.0 Å². The van der Waals surface area contributed by atoms with Gasteiger partial charge < -0.3 is 10.1 Å². The third kappa shape index (κ3) is 5.34. The number of nitriles is 1. The molecular formula is C24H20N4O4. The molecule has 3 rings (SSSR count). The highest BCUT2D eigenvalue weighted by Crippen LogP contribution is 2.33. The van der Waals surface area contributed by atoms with Crippen LogP contribution >= 0.6 is 0 Å². The molecule has 3 aromatic rings. The number of rotatable bonds is 7. The minimum Gasteiger partial charge on any atom is -0.438 e. The first-order valence-corrected chi connectivity index (χ1v) is 9.67. The molecule has 0 atom stereocenters. The van der Waals surface area contributed by atoms with Crippen LogP contribution in [0.3, 0.4) is 0 Å². The molecule has 0 unspecified atom stereocenters. The number of benzene rings is 2. The molecule has 0 radical (unpaired) electrons. The van der Waals surface area contributed by atoms with Gasteiger partial charge >= 0.3 is 5.69 Å². The zero-order valence-electron chi connectivity index (χ0n) is 17.7. The van der Waals surface area contributed by atoms with Crippen LogP contribution in [0.4, 0.5) is 17.2 Å². The number of ketones is 1. The molecule has 0 fully saturated rings. The van der Waals surface area contributed by atoms with Crippen LogP contribution in [0, 0.1) is 35.3 Å². The van der Waals surface area contributed by atoms with Crippen LogP contribution in [0.1, 0.15) is 29.2 Å². The molecule has 32 heavy (non-hydrogen) atoms. The van der Waals surface area contributed by atoms with E-state index in [1.807, 2.05) is 32.0 Å². The number of aryl methyl sites for hydroxylation is 2. The lowest BCUT2D eigenvalue weighted by molar-refractivity contribution is -0.384. The van der Waals surface area contributed by atoms with Crippen LogP contribution < -0.4 is 10.1 Å². The number of hydrogen-bond donors (Lipinski definition) is 1. The Kier molecular flexibility index (Phi) is 6.61. The van der Waals surface area contributed by atoms with E-state index in [-0.39, 0.29) is 23.2 Å². The third-order valence-electron chi connectivity index (χ3n) is 4.52. The zero-order chi connectivity index (χ0) is 23.3. The number of nitro groups is 1. The van der Waals surface area contributed by atoms with Gasteiger partial charge in [-0.3, -0.25) is 14.9 Å². The maximum Gasteiger partial charge on any atom is 0.311 e. The summed E-state index contributed by atoms with van der Waals surface area (Å²) in [6, 6.07) is 15.0. The van der Waals surface area contributed by atoms with Crippen molar-refractivity contribution >= 4 is 29.1 Å². The number of nitrogens with one attached hydrogen (secondary N) is 1. The van der Waals surface area contributed by atoms with Gasteiger partial charge in [0, 0.05) is 17.8 Å². The number of hydrogen-bond acceptors (Lipinski definition) is 7. The van der Waals surface area contributed by atoms with Gasteiger partial charge in [0.05, 0.1) is 16.6 Å². The number of pyridine rings is 1. The molecular weight excluding hydrogens is 408 g/mol. The van der Waals surface area contributed by atoms with Crippen molar-refractivity contribution in [3.8, 4) is 17.7 Å². The molecule has 160 valence electrons. The minimum absolute atomic E-state index is 0.0218. The second-order valence-electron chi connectivity index (χ2n) is 7.12. The van der Waals surface area contributed by atoms with Gasteiger partial charge in [0.25, 0.3) is 0 Å². The van der Waals surface area contributed by atoms with Crippen LogP contribution in [0.25, 0.3) is 6.08 Å². The molecule has 0 saturated heterocycles. The fourth-order valence-corrected chi connectivity index (χ4v) is 3.05. The highest BCUT2D eigenvalue weighted by Gasteiger charge is 2.18. The Morgan fingerprint density at radius 3 is 2.38 bits per heavy atom. The summed E-state index contributed by atoms with van der Waals surface area (Å²) in [6.45, 7) is 5.22. The molecule has 1 N–H and O–H groups in total. The third-order valence-corrected chi connectivity index (χ3v) is 4.52. The summed E-state index contributed by atoms with van der Waals surface area (Å²) in [5.74, 6) is 0.743. The van der Waals surface area contributed by atoms with E-state index in [0.29, 0.717) is 17.0 Å². The molecule has 1 aromatic heterocycles. The lowest BCUT2D eigenvalue weighted by Gasteiger charge is -2.13. The molecule has 0 saturated carbocycles. The SMILES string of the molecule is CC(=O)C=Cc1cc(C)c(Oc2ccc([N+](=O)[O-])c(Nc3ccc(C#N)cc3)n2)c(C)c1. The molecule has 0 spiro atoms. The largest absolute Gasteiger partial charge is 0.438 e. The van der Waals surface area contributed by atoms with Gasteiger partial charge in [0.1, 0.15) is 5.75 Å². The first-order chi connectivity index (χ1) is 15.3. The Bertz CT molecular complexity index is 1230. The van der Waals surface area contributed by atoms with Crippen molar-refractivity contribution in [2.75, 3.05) is 5.32 Å². The van der Waals surface area contributed by atoms with Crippen LogP contribution in [0.5, 0.6) is 11.6 Å². The Balaban J connectivity index is 1.92. The summed E-state index contributed by atoms with van der Waals surface area (Å²) in [7, 11) is 0. The van der Waals surface area contributed by atoms with Crippen molar-refractivity contribution in [1.82, 2.24) is 4.98 Å². The van der Waals surface area contributed by atoms with E-state index in [0.717, 1.165) is 16.7 Å². The van der Waals surface area contributed by atoms with Crippen molar-refractivity contribution < 1.29 is 14.5 Å². The number of anilines is 2. The molecule has 1 heterocycles. The van der Waals surface area contributed by atoms with Gasteiger partial charge in [0.15, 0.2) is 5.78 Å². The molecule has 0 aliphatic heterocycles. The summed E-state index contributed by atoms with van der Waals surface area (Å²) < 4.78 is 5.96. The Hall–Kier alpha value is -4.51. The number of ether oxygens (including phenoxy) is 1. The Morgan fingerprint density at radius 2 is 1.81 bits per heavy atom. The van der Waals surface area contributed by atoms with Crippen LogP contribution in [0.2, 0.25) is 0 Å². The lowest BCUT2D eigenvalue weighted by atomic mass is 10.0. The van der Waals surface area contributed by atoms with Gasteiger partial charge in [-0.05, 0) is 79.9 Å². The number of carbonyl (C=O) groups is 1. The van der Waals surface area contributed by atoms with Gasteiger partial charge in [-0.1, -0.05) is 6.08 Å². The minimum atomic E-state index is -0.532. The first kappa shape index (κ1) is 22.2. The second kappa shape index (κ2) is 9.53. The molecule has 2 aromatic carbocycles. The number of carbonyl (C=O) groups excluding carboxylic acids is 1. The van der Waals surface area contributed by atoms with Gasteiger partial charge in [-0.15, -0.1) is 0 Å². The average molecular weight is 428 g/mol. The van der Waals surface area contributed by atoms with Gasteiger partial charge in [-0.2, -0.15) is 10.2 Å². The summed E-state index contributed by atoms with van der Waals surface area (Å²) in [6.07, 6.45) is 3.23. The fraction of sp³-hybridized carbons (Fsp3) is 0.125. The number of allylic oxidation sites excluding steroid dienone is 1. The van der Waals surface area contributed by atoms with E-state index >= 15 is 0 Å². The summed E-state index contributed by atoms with van der Waals surface area (Å²) in [4.78, 5) is 26.4. The van der Waals surface area contributed by atoms with E-state index < -0.39 is 4.92 Å². The lowest BCUT2D eigenvalue weighted by Crippen LogP contribution is -2.02. The molecule has 0 aliphatic carbocycles. The summed E-state index contributed by atoms with van der Waals surface area (Å²) in [5.41, 5.74) is 3.33. The molecule has 8 nitrogen and oxygen atoms in total. The zero-order valence-corrected chi connectivity index (χ0v) is 17.7. The summed E-state index contributed by atoms with van der Waals surface area (Å²) >= 11 is 0. The predicted molar refractivity (Wildman–Crippen MR) is 121 cm³/mol. The Morgan fingerprint density at radius 1 is 1.16 bits per heavy atom. The Labute approximate surface area is 185 Å². The smallest absolute Gasteiger partial charge is 0.311 e. The van der Waals surface area contributed by atoms with Crippen LogP contribution in [-0.4, -0.2) is 15.7 Å². The second-order valence-corrected chi connectivity index (χ2v) is 7.12. The van der Waals surface area contributed by atoms with Gasteiger partial charge in [-0.25, -0.2) is 0 Å². The monoisotopic (exact) mass is 428 g/mol. The normalized spacial score (nSPS) is 10.6. The van der Waals surface area contributed by atoms with Crippen molar-refractivity contribution in [3.63, 3.8) is 0 Å². The number of aromatic nitrogens is 1. The van der Waals surface area contributed by atoms with Crippen LogP contribution in [0.15, 0.2) is 54.6 Å². The predicted octanol–water partition coefficient (Wildman–Crippen LogP) is 5.62. The molecule has 8 heteroatoms. The van der Waals surface area contributed by atoms with Crippen LogP contribution in [-0.2, 0) is 4.79 Å². The average Bonchev–Trinajstić information content (AvgIpc) is 2.75. The van der Waals surface area contributed by atoms with Crippen molar-refractivity contribution in [2.24, 2.45) is 0 Å². The van der Waals surface area contributed by atoms with E-state index in [9.17, 15) is 14.9 Å². The maximum absolute atomic E-state index is 11.4. The van der Waals surface area contributed by atoms with Crippen molar-refractivity contribution in [2.45, 2.75) is 20.8 Å². The van der Waals surface area contributed by atoms with E-state index in [1.54, 1.807) is 30.3 Å². The maximum atomic E-state index is 11.4.